The van der Waals surface area contributed by atoms with Gasteiger partial charge in [-0.2, -0.15) is 0 Å². The molecular weight excluding hydrogens is 264 g/mol. The fourth-order valence-corrected chi connectivity index (χ4v) is 2.73. The minimum absolute atomic E-state index is 0.00269. The van der Waals surface area contributed by atoms with Crippen LogP contribution in [0.25, 0.3) is 0 Å². The molecule has 19 heavy (non-hydrogen) atoms. The van der Waals surface area contributed by atoms with E-state index in [1.165, 1.54) is 0 Å². The van der Waals surface area contributed by atoms with Crippen molar-refractivity contribution in [3.8, 4) is 5.75 Å². The van der Waals surface area contributed by atoms with E-state index in [9.17, 15) is 4.79 Å². The van der Waals surface area contributed by atoms with E-state index in [0.717, 1.165) is 25.9 Å². The van der Waals surface area contributed by atoms with Crippen molar-refractivity contribution in [1.29, 1.82) is 0 Å². The van der Waals surface area contributed by atoms with E-state index >= 15 is 0 Å². The molecule has 1 amide bonds. The van der Waals surface area contributed by atoms with Gasteiger partial charge in [-0.1, -0.05) is 11.6 Å². The Morgan fingerprint density at radius 1 is 1.58 bits per heavy atom. The summed E-state index contributed by atoms with van der Waals surface area (Å²) in [6.07, 6.45) is 2.08. The van der Waals surface area contributed by atoms with Gasteiger partial charge in [0.2, 0.25) is 0 Å². The summed E-state index contributed by atoms with van der Waals surface area (Å²) in [5, 5.41) is 3.68. The van der Waals surface area contributed by atoms with Gasteiger partial charge in [0.25, 0.3) is 5.91 Å². The summed E-state index contributed by atoms with van der Waals surface area (Å²) < 4.78 is 5.25. The molecule has 1 aliphatic rings. The van der Waals surface area contributed by atoms with Crippen molar-refractivity contribution in [2.24, 2.45) is 0 Å². The SMILES string of the molecule is CNCC1CCCN1C(=O)c1cc(Cl)ccc1OC. The zero-order chi connectivity index (χ0) is 13.8. The average molecular weight is 283 g/mol. The number of nitrogens with zero attached hydrogens (tertiary/aromatic N) is 1. The molecule has 0 aromatic heterocycles. The summed E-state index contributed by atoms with van der Waals surface area (Å²) in [7, 11) is 3.47. The minimum atomic E-state index is -0.00269. The van der Waals surface area contributed by atoms with Crippen molar-refractivity contribution < 1.29 is 9.53 Å². The lowest BCUT2D eigenvalue weighted by molar-refractivity contribution is 0.0733. The molecule has 104 valence electrons. The molecule has 0 aliphatic carbocycles. The van der Waals surface area contributed by atoms with Gasteiger partial charge in [-0.05, 0) is 38.1 Å². The van der Waals surface area contributed by atoms with Crippen LogP contribution in [0.3, 0.4) is 0 Å². The number of carbonyl (C=O) groups excluding carboxylic acids is 1. The standard InChI is InChI=1S/C14H19ClN2O2/c1-16-9-11-4-3-7-17(11)14(18)12-8-10(15)5-6-13(12)19-2/h5-6,8,11,16H,3-4,7,9H2,1-2H3. The van der Waals surface area contributed by atoms with Crippen LogP contribution < -0.4 is 10.1 Å². The van der Waals surface area contributed by atoms with Gasteiger partial charge in [-0.3, -0.25) is 4.79 Å². The third-order valence-electron chi connectivity index (χ3n) is 3.47. The van der Waals surface area contributed by atoms with E-state index in [2.05, 4.69) is 5.32 Å². The van der Waals surface area contributed by atoms with Crippen LogP contribution in [-0.4, -0.2) is 44.1 Å². The molecule has 2 rings (SSSR count). The third-order valence-corrected chi connectivity index (χ3v) is 3.70. The number of nitrogens with one attached hydrogen (secondary N) is 1. The number of halogens is 1. The molecule has 1 aliphatic heterocycles. The van der Waals surface area contributed by atoms with E-state index in [1.807, 2.05) is 11.9 Å². The molecule has 0 bridgehead atoms. The summed E-state index contributed by atoms with van der Waals surface area (Å²) >= 11 is 5.98. The Hall–Kier alpha value is -1.26. The maximum absolute atomic E-state index is 12.6. The molecule has 1 unspecified atom stereocenters. The van der Waals surface area contributed by atoms with Crippen LogP contribution in [0, 0.1) is 0 Å². The first-order chi connectivity index (χ1) is 9.17. The average Bonchev–Trinajstić information content (AvgIpc) is 2.86. The topological polar surface area (TPSA) is 41.6 Å². The smallest absolute Gasteiger partial charge is 0.257 e. The molecule has 5 heteroatoms. The molecule has 4 nitrogen and oxygen atoms in total. The first-order valence-corrected chi connectivity index (χ1v) is 6.84. The van der Waals surface area contributed by atoms with Crippen molar-refractivity contribution in [3.05, 3.63) is 28.8 Å². The highest BCUT2D eigenvalue weighted by molar-refractivity contribution is 6.31. The summed E-state index contributed by atoms with van der Waals surface area (Å²) in [6, 6.07) is 5.39. The first-order valence-electron chi connectivity index (χ1n) is 6.46. The monoisotopic (exact) mass is 282 g/mol. The van der Waals surface area contributed by atoms with Crippen LogP contribution in [0.1, 0.15) is 23.2 Å². The molecule has 1 fully saturated rings. The molecule has 1 saturated heterocycles. The van der Waals surface area contributed by atoms with E-state index in [0.29, 0.717) is 16.3 Å². The number of benzene rings is 1. The lowest BCUT2D eigenvalue weighted by atomic mass is 10.1. The third kappa shape index (κ3) is 3.01. The fraction of sp³-hybridized carbons (Fsp3) is 0.500. The highest BCUT2D eigenvalue weighted by Crippen LogP contribution is 2.27. The predicted octanol–water partition coefficient (Wildman–Crippen LogP) is 2.17. The minimum Gasteiger partial charge on any atom is -0.496 e. The summed E-state index contributed by atoms with van der Waals surface area (Å²) in [6.45, 7) is 1.61. The Morgan fingerprint density at radius 2 is 2.37 bits per heavy atom. The second kappa shape index (κ2) is 6.26. The number of methoxy groups -OCH3 is 1. The number of likely N-dealkylation sites (tertiary alicyclic amines) is 1. The van der Waals surface area contributed by atoms with Gasteiger partial charge in [0.15, 0.2) is 0 Å². The van der Waals surface area contributed by atoms with Gasteiger partial charge in [-0.15, -0.1) is 0 Å². The summed E-state index contributed by atoms with van der Waals surface area (Å²) in [5.74, 6) is 0.571. The largest absolute Gasteiger partial charge is 0.496 e. The van der Waals surface area contributed by atoms with Crippen molar-refractivity contribution in [1.82, 2.24) is 10.2 Å². The van der Waals surface area contributed by atoms with Crippen molar-refractivity contribution in [2.75, 3.05) is 27.2 Å². The van der Waals surface area contributed by atoms with Crippen molar-refractivity contribution >= 4 is 17.5 Å². The van der Waals surface area contributed by atoms with E-state index in [1.54, 1.807) is 25.3 Å². The lowest BCUT2D eigenvalue weighted by Gasteiger charge is -2.25. The number of likely N-dealkylation sites (N-methyl/N-ethyl adjacent to an activating group) is 1. The Balaban J connectivity index is 2.25. The van der Waals surface area contributed by atoms with Crippen molar-refractivity contribution in [3.63, 3.8) is 0 Å². The van der Waals surface area contributed by atoms with Crippen LogP contribution in [0.15, 0.2) is 18.2 Å². The second-order valence-electron chi connectivity index (χ2n) is 4.70. The second-order valence-corrected chi connectivity index (χ2v) is 5.13. The van der Waals surface area contributed by atoms with Crippen molar-refractivity contribution in [2.45, 2.75) is 18.9 Å². The maximum Gasteiger partial charge on any atom is 0.257 e. The van der Waals surface area contributed by atoms with Gasteiger partial charge < -0.3 is 15.0 Å². The number of carbonyl (C=O) groups is 1. The van der Waals surface area contributed by atoms with Crippen LogP contribution >= 0.6 is 11.6 Å². The van der Waals surface area contributed by atoms with Crippen LogP contribution in [0.5, 0.6) is 5.75 Å². The van der Waals surface area contributed by atoms with Crippen LogP contribution in [0.2, 0.25) is 5.02 Å². The van der Waals surface area contributed by atoms with E-state index in [4.69, 9.17) is 16.3 Å². The van der Waals surface area contributed by atoms with E-state index < -0.39 is 0 Å². The van der Waals surface area contributed by atoms with Gasteiger partial charge in [0.05, 0.1) is 12.7 Å². The number of amides is 1. The lowest BCUT2D eigenvalue weighted by Crippen LogP contribution is -2.40. The number of hydrogen-bond donors (Lipinski definition) is 1. The molecular formula is C14H19ClN2O2. The Kier molecular flexibility index (Phi) is 4.66. The van der Waals surface area contributed by atoms with Crippen LogP contribution in [0.4, 0.5) is 0 Å². The number of hydrogen-bond acceptors (Lipinski definition) is 3. The molecule has 0 radical (unpaired) electrons. The number of rotatable bonds is 4. The first kappa shape index (κ1) is 14.2. The zero-order valence-electron chi connectivity index (χ0n) is 11.3. The van der Waals surface area contributed by atoms with Gasteiger partial charge in [0, 0.05) is 24.2 Å². The predicted molar refractivity (Wildman–Crippen MR) is 76.0 cm³/mol. The molecule has 1 N–H and O–H groups in total. The Labute approximate surface area is 118 Å². The van der Waals surface area contributed by atoms with Gasteiger partial charge in [-0.25, -0.2) is 0 Å². The zero-order valence-corrected chi connectivity index (χ0v) is 12.0. The summed E-state index contributed by atoms with van der Waals surface area (Å²) in [4.78, 5) is 14.5. The quantitative estimate of drug-likeness (QED) is 0.920. The van der Waals surface area contributed by atoms with Gasteiger partial charge >= 0.3 is 0 Å². The Bertz CT molecular complexity index is 465. The number of ether oxygens (including phenoxy) is 1. The molecule has 1 aromatic rings. The van der Waals surface area contributed by atoms with Gasteiger partial charge in [0.1, 0.15) is 5.75 Å². The highest BCUT2D eigenvalue weighted by atomic mass is 35.5. The fourth-order valence-electron chi connectivity index (χ4n) is 2.55. The molecule has 1 heterocycles. The molecule has 0 spiro atoms. The molecule has 1 aromatic carbocycles. The summed E-state index contributed by atoms with van der Waals surface area (Å²) in [5.41, 5.74) is 0.540. The molecule has 0 saturated carbocycles. The van der Waals surface area contributed by atoms with E-state index in [-0.39, 0.29) is 11.9 Å². The van der Waals surface area contributed by atoms with Crippen LogP contribution in [-0.2, 0) is 0 Å². The highest BCUT2D eigenvalue weighted by Gasteiger charge is 2.30. The maximum atomic E-state index is 12.6. The normalized spacial score (nSPS) is 18.7. The molecule has 1 atom stereocenters. The Morgan fingerprint density at radius 3 is 3.05 bits per heavy atom.